The molecule has 0 bridgehead atoms. The minimum Gasteiger partial charge on any atom is -0.502 e. The lowest BCUT2D eigenvalue weighted by Gasteiger charge is -2.18. The third-order valence-corrected chi connectivity index (χ3v) is 5.84. The first-order valence-electron chi connectivity index (χ1n) is 10.7. The number of halogens is 1. The number of nitrogens with one attached hydrogen (secondary N) is 1. The number of rotatable bonds is 4. The molecule has 2 N–H and O–H groups in total. The van der Waals surface area contributed by atoms with Crippen LogP contribution in [0.4, 0.5) is 10.1 Å². The number of aromatic nitrogens is 1. The van der Waals surface area contributed by atoms with Crippen molar-refractivity contribution in [3.63, 3.8) is 0 Å². The van der Waals surface area contributed by atoms with E-state index < -0.39 is 0 Å². The minimum absolute atomic E-state index is 0.0102. The van der Waals surface area contributed by atoms with Crippen LogP contribution in [-0.2, 0) is 5.41 Å². The molecule has 0 radical (unpaired) electrons. The first-order valence-corrected chi connectivity index (χ1v) is 11.2. The Morgan fingerprint density at radius 3 is 2.18 bits per heavy atom. The van der Waals surface area contributed by atoms with Crippen molar-refractivity contribution in [1.82, 2.24) is 0 Å². The number of hydrogen-bond acceptors (Lipinski definition) is 2. The average Bonchev–Trinajstić information content (AvgIpc) is 2.80. The molecule has 4 aromatic rings. The Morgan fingerprint density at radius 1 is 0.879 bits per heavy atom. The molecular weight excluding hydrogens is 431 g/mol. The molecule has 0 aliphatic rings. The van der Waals surface area contributed by atoms with Crippen molar-refractivity contribution in [1.29, 1.82) is 0 Å². The second-order valence-electron chi connectivity index (χ2n) is 8.93. The van der Waals surface area contributed by atoms with Gasteiger partial charge in [-0.15, -0.1) is 0 Å². The molecule has 0 saturated heterocycles. The Morgan fingerprint density at radius 2 is 1.52 bits per heavy atom. The number of benzene rings is 3. The number of aliphatic hydroxyl groups is 1. The number of anilines is 1. The first kappa shape index (κ1) is 22.6. The summed E-state index contributed by atoms with van der Waals surface area (Å²) in [7, 11) is 0. The van der Waals surface area contributed by atoms with E-state index in [2.05, 4.69) is 26.1 Å². The molecule has 3 aromatic carbocycles. The van der Waals surface area contributed by atoms with Crippen LogP contribution in [0.2, 0.25) is 0 Å². The molecule has 0 fully saturated rings. The Labute approximate surface area is 198 Å². The largest absolute Gasteiger partial charge is 0.502 e. The van der Waals surface area contributed by atoms with E-state index in [0.29, 0.717) is 16.2 Å². The van der Waals surface area contributed by atoms with Crippen LogP contribution in [0.5, 0.6) is 0 Å². The van der Waals surface area contributed by atoms with Crippen molar-refractivity contribution in [2.45, 2.75) is 26.2 Å². The molecule has 0 atom stereocenters. The van der Waals surface area contributed by atoms with Crippen molar-refractivity contribution >= 4 is 45.1 Å². The summed E-state index contributed by atoms with van der Waals surface area (Å²) >= 11 is 5.79. The van der Waals surface area contributed by atoms with E-state index in [0.717, 1.165) is 22.0 Å². The van der Waals surface area contributed by atoms with Crippen molar-refractivity contribution in [3.8, 4) is 0 Å². The molecule has 0 amide bonds. The molecule has 0 unspecified atom stereocenters. The lowest BCUT2D eigenvalue weighted by Crippen LogP contribution is -2.39. The van der Waals surface area contributed by atoms with Crippen LogP contribution < -0.4 is 9.88 Å². The standard InChI is InChI=1S/C28H25FN2OS/c1-28(2,3)21-15-17-31(18-16-21)25(26(32)20-11-13-22(29)14-12-20)27(33)30-24-10-6-8-19-7-4-5-9-23(19)24/h4-18H,1-3H3,(H-,30,32,33)/p+1. The van der Waals surface area contributed by atoms with E-state index >= 15 is 0 Å². The van der Waals surface area contributed by atoms with E-state index in [1.165, 1.54) is 24.3 Å². The van der Waals surface area contributed by atoms with Crippen LogP contribution in [0.25, 0.3) is 22.2 Å². The van der Waals surface area contributed by atoms with Crippen LogP contribution in [-0.4, -0.2) is 10.1 Å². The van der Waals surface area contributed by atoms with Crippen molar-refractivity contribution in [2.75, 3.05) is 5.32 Å². The number of thiocarbonyl (C=S) groups is 1. The van der Waals surface area contributed by atoms with Gasteiger partial charge in [0.15, 0.2) is 23.1 Å². The zero-order chi connectivity index (χ0) is 23.6. The highest BCUT2D eigenvalue weighted by Gasteiger charge is 2.25. The van der Waals surface area contributed by atoms with Gasteiger partial charge in [-0.1, -0.05) is 69.4 Å². The smallest absolute Gasteiger partial charge is 0.288 e. The summed E-state index contributed by atoms with van der Waals surface area (Å²) < 4.78 is 15.3. The highest BCUT2D eigenvalue weighted by Crippen LogP contribution is 2.26. The Hall–Kier alpha value is -3.57. The zero-order valence-corrected chi connectivity index (χ0v) is 19.7. The van der Waals surface area contributed by atoms with Gasteiger partial charge in [0, 0.05) is 28.8 Å². The van der Waals surface area contributed by atoms with Crippen LogP contribution in [0.15, 0.2) is 91.3 Å². The third-order valence-electron chi connectivity index (χ3n) is 5.55. The monoisotopic (exact) mass is 457 g/mol. The van der Waals surface area contributed by atoms with Gasteiger partial charge in [-0.3, -0.25) is 0 Å². The summed E-state index contributed by atoms with van der Waals surface area (Å²) in [6, 6.07) is 23.7. The summed E-state index contributed by atoms with van der Waals surface area (Å²) in [6.45, 7) is 6.43. The van der Waals surface area contributed by atoms with Gasteiger partial charge in [0.1, 0.15) is 5.82 Å². The fraction of sp³-hybridized carbons (Fsp3) is 0.143. The van der Waals surface area contributed by atoms with E-state index in [4.69, 9.17) is 12.2 Å². The van der Waals surface area contributed by atoms with Gasteiger partial charge in [0.25, 0.3) is 5.70 Å². The highest BCUT2D eigenvalue weighted by molar-refractivity contribution is 7.81. The molecule has 0 saturated carbocycles. The number of aliphatic hydroxyl groups excluding tert-OH is 1. The molecule has 166 valence electrons. The van der Waals surface area contributed by atoms with E-state index in [1.54, 1.807) is 4.57 Å². The molecule has 0 aliphatic carbocycles. The first-order chi connectivity index (χ1) is 15.7. The maximum absolute atomic E-state index is 13.5. The SMILES string of the molecule is CC(C)(C)c1cc[n+](/C(C(=S)Nc2cccc3ccccc23)=C(/O)c2ccc(F)cc2)cc1. The Balaban J connectivity index is 1.80. The van der Waals surface area contributed by atoms with Gasteiger partial charge >= 0.3 is 0 Å². The van der Waals surface area contributed by atoms with E-state index in [-0.39, 0.29) is 17.0 Å². The van der Waals surface area contributed by atoms with Crippen LogP contribution >= 0.6 is 12.2 Å². The van der Waals surface area contributed by atoms with Gasteiger partial charge in [-0.05, 0) is 46.7 Å². The number of fused-ring (bicyclic) bond motifs is 1. The second-order valence-corrected chi connectivity index (χ2v) is 9.34. The van der Waals surface area contributed by atoms with Crippen molar-refractivity contribution in [3.05, 3.63) is 108 Å². The normalized spacial score (nSPS) is 12.4. The molecule has 5 heteroatoms. The molecule has 3 nitrogen and oxygen atoms in total. The molecule has 1 heterocycles. The predicted octanol–water partition coefficient (Wildman–Crippen LogP) is 6.89. The van der Waals surface area contributed by atoms with Crippen LogP contribution in [0, 0.1) is 5.82 Å². The van der Waals surface area contributed by atoms with Gasteiger partial charge in [-0.2, -0.15) is 4.57 Å². The molecule has 4 rings (SSSR count). The molecular formula is C28H26FN2OS+. The van der Waals surface area contributed by atoms with E-state index in [9.17, 15) is 9.50 Å². The summed E-state index contributed by atoms with van der Waals surface area (Å²) in [5, 5.41) is 16.6. The van der Waals surface area contributed by atoms with Crippen LogP contribution in [0.1, 0.15) is 31.9 Å². The quantitative estimate of drug-likeness (QED) is 0.152. The van der Waals surface area contributed by atoms with Crippen molar-refractivity contribution in [2.24, 2.45) is 0 Å². The molecule has 33 heavy (non-hydrogen) atoms. The van der Waals surface area contributed by atoms with Gasteiger partial charge in [-0.25, -0.2) is 4.39 Å². The fourth-order valence-corrected chi connectivity index (χ4v) is 4.00. The molecule has 0 aliphatic heterocycles. The maximum atomic E-state index is 13.5. The average molecular weight is 458 g/mol. The van der Waals surface area contributed by atoms with Gasteiger partial charge in [0.2, 0.25) is 0 Å². The predicted molar refractivity (Wildman–Crippen MR) is 138 cm³/mol. The number of pyridine rings is 1. The molecule has 1 aromatic heterocycles. The lowest BCUT2D eigenvalue weighted by atomic mass is 9.88. The Kier molecular flexibility index (Phi) is 6.25. The van der Waals surface area contributed by atoms with E-state index in [1.807, 2.05) is 67.0 Å². The minimum atomic E-state index is -0.369. The maximum Gasteiger partial charge on any atom is 0.288 e. The van der Waals surface area contributed by atoms with Gasteiger partial charge in [0.05, 0.1) is 0 Å². The summed E-state index contributed by atoms with van der Waals surface area (Å²) in [6.07, 6.45) is 3.76. The summed E-state index contributed by atoms with van der Waals surface area (Å²) in [5.41, 5.74) is 2.87. The lowest BCUT2D eigenvalue weighted by molar-refractivity contribution is -0.575. The third kappa shape index (κ3) is 4.94. The second kappa shape index (κ2) is 9.12. The van der Waals surface area contributed by atoms with Gasteiger partial charge < -0.3 is 10.4 Å². The fourth-order valence-electron chi connectivity index (χ4n) is 3.68. The summed E-state index contributed by atoms with van der Waals surface area (Å²) in [5.74, 6) is -0.409. The van der Waals surface area contributed by atoms with Crippen molar-refractivity contribution < 1.29 is 14.1 Å². The molecule has 0 spiro atoms. The summed E-state index contributed by atoms with van der Waals surface area (Å²) in [4.78, 5) is 0.349. The number of hydrogen-bond donors (Lipinski definition) is 2. The highest BCUT2D eigenvalue weighted by atomic mass is 32.1. The number of nitrogens with zero attached hydrogens (tertiary/aromatic N) is 1. The Bertz CT molecular complexity index is 1330. The topological polar surface area (TPSA) is 36.1 Å². The zero-order valence-electron chi connectivity index (χ0n) is 18.8. The van der Waals surface area contributed by atoms with Crippen LogP contribution in [0.3, 0.4) is 0 Å².